The van der Waals surface area contributed by atoms with Crippen molar-refractivity contribution in [3.8, 4) is 28.1 Å². The summed E-state index contributed by atoms with van der Waals surface area (Å²) < 4.78 is 5.52. The van der Waals surface area contributed by atoms with Gasteiger partial charge in [0.05, 0.1) is 24.4 Å². The summed E-state index contributed by atoms with van der Waals surface area (Å²) in [7, 11) is 1.59. The number of aromatic nitrogens is 4. The van der Waals surface area contributed by atoms with E-state index in [0.29, 0.717) is 35.1 Å². The van der Waals surface area contributed by atoms with E-state index in [1.54, 1.807) is 38.6 Å². The van der Waals surface area contributed by atoms with Crippen molar-refractivity contribution < 1.29 is 14.6 Å². The Hall–Kier alpha value is -3.98. The smallest absolute Gasteiger partial charge is 0.321 e. The number of carbonyl (C=O) groups is 1. The van der Waals surface area contributed by atoms with Crippen molar-refractivity contribution in [3.05, 3.63) is 54.5 Å². The molecule has 0 aliphatic heterocycles. The summed E-state index contributed by atoms with van der Waals surface area (Å²) in [5.41, 5.74) is 5.07. The zero-order valence-electron chi connectivity index (χ0n) is 18.0. The Kier molecular flexibility index (Phi) is 6.00. The lowest BCUT2D eigenvalue weighted by Crippen LogP contribution is -2.28. The molecule has 0 aliphatic carbocycles. The molecule has 1 unspecified atom stereocenters. The van der Waals surface area contributed by atoms with Gasteiger partial charge in [0.15, 0.2) is 0 Å². The van der Waals surface area contributed by atoms with Crippen molar-refractivity contribution in [1.82, 2.24) is 25.3 Å². The summed E-state index contributed by atoms with van der Waals surface area (Å²) in [6.45, 7) is 4.02. The lowest BCUT2D eigenvalue weighted by atomic mass is 10.00. The molecule has 1 aromatic carbocycles. The van der Waals surface area contributed by atoms with Crippen LogP contribution in [0.1, 0.15) is 25.6 Å². The maximum absolute atomic E-state index is 12.0. The number of hydrogen-bond donors (Lipinski definition) is 4. The van der Waals surface area contributed by atoms with E-state index in [9.17, 15) is 9.90 Å². The number of imidazole rings is 1. The van der Waals surface area contributed by atoms with E-state index in [2.05, 4.69) is 30.6 Å². The highest BCUT2D eigenvalue weighted by Gasteiger charge is 2.17. The number of fused-ring (bicyclic) bond motifs is 1. The summed E-state index contributed by atoms with van der Waals surface area (Å²) in [5, 5.41) is 15.1. The predicted molar refractivity (Wildman–Crippen MR) is 122 cm³/mol. The first kappa shape index (κ1) is 21.3. The number of H-pyrrole nitrogens is 1. The largest absolute Gasteiger partial charge is 0.494 e. The number of nitrogens with zero attached hydrogens (tertiary/aromatic N) is 3. The van der Waals surface area contributed by atoms with Crippen LogP contribution in [0.4, 0.5) is 10.7 Å². The molecular formula is C23H24N6O3. The average molecular weight is 432 g/mol. The third-order valence-corrected chi connectivity index (χ3v) is 4.95. The summed E-state index contributed by atoms with van der Waals surface area (Å²) in [6.07, 6.45) is 2.76. The molecule has 164 valence electrons. The number of urea groups is 1. The number of amides is 2. The number of pyridine rings is 2. The minimum absolute atomic E-state index is 0.321. The minimum atomic E-state index is -0.643. The maximum atomic E-state index is 12.0. The van der Waals surface area contributed by atoms with Crippen molar-refractivity contribution in [2.24, 2.45) is 0 Å². The molecule has 0 radical (unpaired) electrons. The molecule has 0 bridgehead atoms. The molecule has 3 heterocycles. The molecule has 0 spiro atoms. The van der Waals surface area contributed by atoms with Gasteiger partial charge in [-0.05, 0) is 49.7 Å². The third-order valence-electron chi connectivity index (χ3n) is 4.95. The van der Waals surface area contributed by atoms with E-state index in [-0.39, 0.29) is 6.03 Å². The zero-order chi connectivity index (χ0) is 22.7. The van der Waals surface area contributed by atoms with Gasteiger partial charge in [0, 0.05) is 30.1 Å². The molecule has 0 saturated heterocycles. The number of aliphatic hydroxyl groups excluding tert-OH is 1. The second-order valence-corrected chi connectivity index (χ2v) is 7.19. The number of nitrogens with one attached hydrogen (secondary N) is 3. The van der Waals surface area contributed by atoms with Crippen LogP contribution < -0.4 is 15.4 Å². The first-order valence-corrected chi connectivity index (χ1v) is 10.2. The number of aliphatic hydroxyl groups is 1. The number of methoxy groups -OCH3 is 1. The Bertz CT molecular complexity index is 1250. The number of rotatable bonds is 6. The topological polar surface area (TPSA) is 125 Å². The van der Waals surface area contributed by atoms with Crippen molar-refractivity contribution in [2.75, 3.05) is 19.0 Å². The lowest BCUT2D eigenvalue weighted by molar-refractivity contribution is 0.194. The van der Waals surface area contributed by atoms with Gasteiger partial charge in [0.25, 0.3) is 0 Å². The Morgan fingerprint density at radius 2 is 2.06 bits per heavy atom. The Labute approximate surface area is 184 Å². The molecule has 4 aromatic rings. The molecule has 1 atom stereocenters. The van der Waals surface area contributed by atoms with Gasteiger partial charge in [-0.3, -0.25) is 15.3 Å². The Morgan fingerprint density at radius 3 is 2.75 bits per heavy atom. The highest BCUT2D eigenvalue weighted by Crippen LogP contribution is 2.36. The van der Waals surface area contributed by atoms with Crippen LogP contribution in [0.3, 0.4) is 0 Å². The second kappa shape index (κ2) is 9.03. The first-order valence-electron chi connectivity index (χ1n) is 10.2. The van der Waals surface area contributed by atoms with Crippen LogP contribution in [-0.2, 0) is 0 Å². The highest BCUT2D eigenvalue weighted by molar-refractivity contribution is 5.98. The monoisotopic (exact) mass is 432 g/mol. The second-order valence-electron chi connectivity index (χ2n) is 7.19. The van der Waals surface area contributed by atoms with E-state index in [1.807, 2.05) is 31.2 Å². The van der Waals surface area contributed by atoms with Crippen LogP contribution in [0.15, 0.2) is 48.8 Å². The molecule has 4 N–H and O–H groups in total. The van der Waals surface area contributed by atoms with E-state index < -0.39 is 6.10 Å². The fourth-order valence-corrected chi connectivity index (χ4v) is 3.42. The maximum Gasteiger partial charge on any atom is 0.321 e. The number of aromatic amines is 1. The van der Waals surface area contributed by atoms with E-state index in [4.69, 9.17) is 4.74 Å². The quantitative estimate of drug-likeness (QED) is 0.366. The summed E-state index contributed by atoms with van der Waals surface area (Å²) >= 11 is 0. The average Bonchev–Trinajstić information content (AvgIpc) is 3.20. The summed E-state index contributed by atoms with van der Waals surface area (Å²) in [5.74, 6) is 0.927. The molecule has 3 aromatic heterocycles. The summed E-state index contributed by atoms with van der Waals surface area (Å²) in [4.78, 5) is 28.6. The number of carbonyl (C=O) groups excluding carboxylic acids is 1. The van der Waals surface area contributed by atoms with Gasteiger partial charge >= 0.3 is 6.03 Å². The molecular weight excluding hydrogens is 408 g/mol. The van der Waals surface area contributed by atoms with E-state index in [1.165, 1.54) is 0 Å². The normalized spacial score (nSPS) is 11.9. The first-order chi connectivity index (χ1) is 15.5. The van der Waals surface area contributed by atoms with Gasteiger partial charge in [0.1, 0.15) is 17.0 Å². The number of anilines is 1. The fraction of sp³-hybridized carbons (Fsp3) is 0.217. The predicted octanol–water partition coefficient (Wildman–Crippen LogP) is 3.89. The van der Waals surface area contributed by atoms with Crippen LogP contribution in [0, 0.1) is 0 Å². The van der Waals surface area contributed by atoms with Gasteiger partial charge in [-0.1, -0.05) is 6.07 Å². The standard InChI is InChI=1S/C23H24N6O3/c1-4-24-23(31)29-22-27-18-11-15(14-7-8-17(13(2)30)26-12-14)10-16(20(18)28-22)21-19(32-3)6-5-9-25-21/h5-13,30H,4H2,1-3H3,(H3,24,27,28,29,31). The molecule has 9 nitrogen and oxygen atoms in total. The van der Waals surface area contributed by atoms with Crippen molar-refractivity contribution in [1.29, 1.82) is 0 Å². The molecule has 9 heteroatoms. The third kappa shape index (κ3) is 4.23. The van der Waals surface area contributed by atoms with Gasteiger partial charge < -0.3 is 20.1 Å². The van der Waals surface area contributed by atoms with Gasteiger partial charge in [-0.2, -0.15) is 0 Å². The Balaban J connectivity index is 1.87. The molecule has 0 saturated carbocycles. The number of hydrogen-bond acceptors (Lipinski definition) is 6. The highest BCUT2D eigenvalue weighted by atomic mass is 16.5. The molecule has 2 amide bonds. The minimum Gasteiger partial charge on any atom is -0.494 e. The van der Waals surface area contributed by atoms with Crippen LogP contribution >= 0.6 is 0 Å². The van der Waals surface area contributed by atoms with E-state index >= 15 is 0 Å². The van der Waals surface area contributed by atoms with Crippen LogP contribution in [0.2, 0.25) is 0 Å². The SMILES string of the molecule is CCNC(=O)Nc1nc2c(-c3ncccc3OC)cc(-c3ccc(C(C)O)nc3)cc2[nH]1. The molecule has 0 fully saturated rings. The van der Waals surface area contributed by atoms with Crippen LogP contribution in [0.25, 0.3) is 33.4 Å². The summed E-state index contributed by atoms with van der Waals surface area (Å²) in [6, 6.07) is 10.9. The Morgan fingerprint density at radius 1 is 1.22 bits per heavy atom. The van der Waals surface area contributed by atoms with Crippen LogP contribution in [0.5, 0.6) is 5.75 Å². The number of benzene rings is 1. The fourth-order valence-electron chi connectivity index (χ4n) is 3.42. The van der Waals surface area contributed by atoms with Crippen molar-refractivity contribution >= 4 is 23.0 Å². The number of ether oxygens (including phenoxy) is 1. The van der Waals surface area contributed by atoms with Gasteiger partial charge in [-0.25, -0.2) is 9.78 Å². The molecule has 32 heavy (non-hydrogen) atoms. The molecule has 0 aliphatic rings. The van der Waals surface area contributed by atoms with Gasteiger partial charge in [0.2, 0.25) is 5.95 Å². The van der Waals surface area contributed by atoms with Crippen LogP contribution in [-0.4, -0.2) is 44.7 Å². The van der Waals surface area contributed by atoms with Crippen molar-refractivity contribution in [3.63, 3.8) is 0 Å². The lowest BCUT2D eigenvalue weighted by Gasteiger charge is -2.11. The van der Waals surface area contributed by atoms with E-state index in [0.717, 1.165) is 22.2 Å². The van der Waals surface area contributed by atoms with Gasteiger partial charge in [-0.15, -0.1) is 0 Å². The zero-order valence-corrected chi connectivity index (χ0v) is 18.0. The molecule has 4 rings (SSSR count). The van der Waals surface area contributed by atoms with Crippen molar-refractivity contribution in [2.45, 2.75) is 20.0 Å².